The zero-order valence-corrected chi connectivity index (χ0v) is 30.3. The van der Waals surface area contributed by atoms with Crippen LogP contribution in [0, 0.1) is 5.21 Å². The maximum absolute atomic E-state index is 13.2. The number of aromatic amines is 1. The van der Waals surface area contributed by atoms with Gasteiger partial charge in [-0.25, -0.2) is 9.59 Å². The number of benzene rings is 1. The third kappa shape index (κ3) is 8.78. The van der Waals surface area contributed by atoms with E-state index < -0.39 is 58.4 Å². The topological polar surface area (TPSA) is 159 Å². The smallest absolute Gasteiger partial charge is 0.338 e. The summed E-state index contributed by atoms with van der Waals surface area (Å²) in [4.78, 5) is 39.6. The lowest BCUT2D eigenvalue weighted by Crippen LogP contribution is -2.54. The van der Waals surface area contributed by atoms with Gasteiger partial charge in [-0.2, -0.15) is 4.86 Å². The summed E-state index contributed by atoms with van der Waals surface area (Å²) >= 11 is 0. The molecular weight excluding hydrogens is 615 g/mol. The summed E-state index contributed by atoms with van der Waals surface area (Å²) in [5, 5.41) is 16.8. The van der Waals surface area contributed by atoms with E-state index in [4.69, 9.17) is 18.3 Å². The van der Waals surface area contributed by atoms with E-state index in [1.54, 1.807) is 31.2 Å². The molecule has 2 N–H and O–H groups in total. The minimum atomic E-state index is -2.48. The van der Waals surface area contributed by atoms with Crippen LogP contribution >= 0.6 is 0 Å². The Hall–Kier alpha value is -3.12. The first kappa shape index (κ1) is 36.4. The van der Waals surface area contributed by atoms with Gasteiger partial charge in [0.25, 0.3) is 5.56 Å². The van der Waals surface area contributed by atoms with Crippen LogP contribution in [0.2, 0.25) is 36.3 Å². The summed E-state index contributed by atoms with van der Waals surface area (Å²) in [6, 6.07) is 7.62. The van der Waals surface area contributed by atoms with Crippen molar-refractivity contribution in [1.29, 1.82) is 0 Å². The molecule has 1 aromatic heterocycles. The fraction of sp³-hybridized carbons (Fsp3) is 0.633. The van der Waals surface area contributed by atoms with Gasteiger partial charge < -0.3 is 23.5 Å². The number of hydrogen-bond donors (Lipinski definition) is 2. The second kappa shape index (κ2) is 13.7. The Bertz CT molecular complexity index is 1480. The Balaban J connectivity index is 2.00. The molecule has 0 saturated carbocycles. The molecule has 2 aromatic rings. The molecule has 13 nitrogen and oxygen atoms in total. The SMILES string of the molecule is CCOC(=O)c1ccc(N/N=[N+](/[O-])CC2OC(n3ccc(=O)[nH]c3=O)C(O[Si](C)(C)C(C)(C)C)C2O[Si](C)(C)C(C)(C)C)cc1. The highest BCUT2D eigenvalue weighted by Crippen LogP contribution is 2.45. The number of carbonyl (C=O) groups excluding carboxylic acids is 1. The second-order valence-electron chi connectivity index (χ2n) is 14.3. The predicted molar refractivity (Wildman–Crippen MR) is 176 cm³/mol. The average molecular weight is 664 g/mol. The van der Waals surface area contributed by atoms with Gasteiger partial charge in [-0.3, -0.25) is 14.3 Å². The van der Waals surface area contributed by atoms with Gasteiger partial charge in [0.1, 0.15) is 30.5 Å². The van der Waals surface area contributed by atoms with Crippen LogP contribution in [0.3, 0.4) is 0 Å². The van der Waals surface area contributed by atoms with E-state index in [0.29, 0.717) is 16.1 Å². The normalized spacial score (nSPS) is 21.5. The van der Waals surface area contributed by atoms with Gasteiger partial charge in [0, 0.05) is 12.3 Å². The van der Waals surface area contributed by atoms with Gasteiger partial charge >= 0.3 is 11.7 Å². The number of hydroxylamine groups is 1. The van der Waals surface area contributed by atoms with Gasteiger partial charge in [-0.05, 0) is 67.5 Å². The highest BCUT2D eigenvalue weighted by molar-refractivity contribution is 6.74. The van der Waals surface area contributed by atoms with Crippen molar-refractivity contribution in [2.75, 3.05) is 18.6 Å². The quantitative estimate of drug-likeness (QED) is 0.106. The zero-order valence-electron chi connectivity index (χ0n) is 28.3. The number of rotatable bonds is 11. The highest BCUT2D eigenvalue weighted by atomic mass is 28.4. The number of carbonyl (C=O) groups is 1. The third-order valence-electron chi connectivity index (χ3n) is 8.91. The van der Waals surface area contributed by atoms with Crippen LogP contribution in [0.25, 0.3) is 0 Å². The number of nitrogens with one attached hydrogen (secondary N) is 2. The molecule has 0 amide bonds. The van der Waals surface area contributed by atoms with Gasteiger partial charge in [-0.1, -0.05) is 41.5 Å². The molecule has 1 saturated heterocycles. The van der Waals surface area contributed by atoms with E-state index in [1.807, 2.05) is 0 Å². The number of ether oxygens (including phenoxy) is 2. The summed E-state index contributed by atoms with van der Waals surface area (Å²) in [6.07, 6.45) is -1.92. The number of aromatic nitrogens is 2. The lowest BCUT2D eigenvalue weighted by atomic mass is 10.1. The molecule has 45 heavy (non-hydrogen) atoms. The molecule has 1 aromatic carbocycles. The van der Waals surface area contributed by atoms with Crippen LogP contribution in [0.5, 0.6) is 0 Å². The number of anilines is 1. The summed E-state index contributed by atoms with van der Waals surface area (Å²) in [5.41, 5.74) is 2.39. The van der Waals surface area contributed by atoms with Crippen molar-refractivity contribution in [2.45, 2.75) is 109 Å². The molecule has 0 aliphatic carbocycles. The zero-order chi connectivity index (χ0) is 34.0. The second-order valence-corrected chi connectivity index (χ2v) is 23.8. The summed E-state index contributed by atoms with van der Waals surface area (Å²) < 4.78 is 26.6. The monoisotopic (exact) mass is 663 g/mol. The molecule has 4 unspecified atom stereocenters. The number of nitrogens with zero attached hydrogens (tertiary/aromatic N) is 3. The first-order valence-corrected chi connectivity index (χ1v) is 21.0. The maximum Gasteiger partial charge on any atom is 0.338 e. The van der Waals surface area contributed by atoms with Gasteiger partial charge in [0.05, 0.1) is 17.4 Å². The molecule has 15 heteroatoms. The number of esters is 1. The van der Waals surface area contributed by atoms with Crippen molar-refractivity contribution in [3.8, 4) is 0 Å². The summed E-state index contributed by atoms with van der Waals surface area (Å²) in [7, 11) is -4.94. The minimum Gasteiger partial charge on any atom is -0.696 e. The Kier molecular flexibility index (Phi) is 11.1. The molecule has 4 atom stereocenters. The van der Waals surface area contributed by atoms with Gasteiger partial charge in [0.15, 0.2) is 22.9 Å². The molecule has 1 aliphatic heterocycles. The van der Waals surface area contributed by atoms with E-state index in [9.17, 15) is 19.6 Å². The molecule has 0 bridgehead atoms. The Labute approximate surface area is 266 Å². The summed E-state index contributed by atoms with van der Waals surface area (Å²) in [5.74, 6) is -0.441. The largest absolute Gasteiger partial charge is 0.696 e. The highest BCUT2D eigenvalue weighted by Gasteiger charge is 2.55. The van der Waals surface area contributed by atoms with Gasteiger partial charge in [-0.15, -0.1) is 5.43 Å². The fourth-order valence-corrected chi connectivity index (χ4v) is 6.82. The van der Waals surface area contributed by atoms with Crippen molar-refractivity contribution in [3.63, 3.8) is 0 Å². The van der Waals surface area contributed by atoms with E-state index >= 15 is 0 Å². The van der Waals surface area contributed by atoms with E-state index in [2.05, 4.69) is 83.4 Å². The van der Waals surface area contributed by atoms with Crippen LogP contribution in [-0.4, -0.2) is 68.5 Å². The maximum atomic E-state index is 13.2. The molecule has 1 aliphatic rings. The lowest BCUT2D eigenvalue weighted by molar-refractivity contribution is -0.538. The van der Waals surface area contributed by atoms with Crippen molar-refractivity contribution in [2.24, 2.45) is 5.22 Å². The van der Waals surface area contributed by atoms with Crippen molar-refractivity contribution in [3.05, 3.63) is 68.1 Å². The van der Waals surface area contributed by atoms with Crippen LogP contribution in [0.15, 0.2) is 51.3 Å². The predicted octanol–water partition coefficient (Wildman–Crippen LogP) is 5.38. The fourth-order valence-electron chi connectivity index (χ4n) is 4.21. The molecule has 0 radical (unpaired) electrons. The molecule has 250 valence electrons. The molecule has 0 spiro atoms. The molecule has 1 fully saturated rings. The van der Waals surface area contributed by atoms with Gasteiger partial charge in [0.2, 0.25) is 0 Å². The minimum absolute atomic E-state index is 0.176. The first-order valence-electron chi connectivity index (χ1n) is 15.2. The van der Waals surface area contributed by atoms with Crippen LogP contribution in [0.1, 0.15) is 65.1 Å². The lowest BCUT2D eigenvalue weighted by Gasteiger charge is -2.44. The average Bonchev–Trinajstić information content (AvgIpc) is 3.21. The number of H-pyrrole nitrogens is 1. The number of hydrogen-bond acceptors (Lipinski definition) is 9. The van der Waals surface area contributed by atoms with E-state index in [0.717, 1.165) is 0 Å². The van der Waals surface area contributed by atoms with Crippen molar-refractivity contribution < 1.29 is 28.0 Å². The van der Waals surface area contributed by atoms with Crippen molar-refractivity contribution >= 4 is 28.3 Å². The Morgan fingerprint density at radius 2 is 1.56 bits per heavy atom. The van der Waals surface area contributed by atoms with E-state index in [-0.39, 0.29) is 23.2 Å². The Morgan fingerprint density at radius 3 is 2.07 bits per heavy atom. The molecule has 3 rings (SSSR count). The Morgan fingerprint density at radius 1 is 1.00 bits per heavy atom. The van der Waals surface area contributed by atoms with Crippen LogP contribution < -0.4 is 16.7 Å². The first-order chi connectivity index (χ1) is 20.7. The molecule has 2 heterocycles. The third-order valence-corrected chi connectivity index (χ3v) is 17.9. The van der Waals surface area contributed by atoms with Crippen LogP contribution in [0.4, 0.5) is 5.69 Å². The van der Waals surface area contributed by atoms with Crippen molar-refractivity contribution in [1.82, 2.24) is 9.55 Å². The summed E-state index contributed by atoms with van der Waals surface area (Å²) in [6.45, 7) is 22.8. The van der Waals surface area contributed by atoms with E-state index in [1.165, 1.54) is 16.8 Å². The standard InChI is InChI=1S/C30H49N5O8Si2/c1-12-40-27(37)20-13-15-21(16-14-20)32-33-35(39)19-22-24(42-44(8,9)29(2,3)4)25(43-45(10,11)30(5,6)7)26(41-22)34-18-17-23(36)31-28(34)38/h13-18,22,24-26,32H,12,19H2,1-11H3,(H,31,36,38)/b35-33+. The molecular formula is C30H49N5O8Si2. The van der Waals surface area contributed by atoms with Crippen LogP contribution in [-0.2, 0) is 18.3 Å².